The first-order valence-corrected chi connectivity index (χ1v) is 8.25. The Balaban J connectivity index is 3.51. The summed E-state index contributed by atoms with van der Waals surface area (Å²) in [6.45, 7) is 2.10. The average Bonchev–Trinajstić information content (AvgIpc) is 2.52. The molecular formula is C19H30O3. The molecule has 0 aliphatic heterocycles. The number of aliphatic hydroxyl groups is 1. The van der Waals surface area contributed by atoms with E-state index < -0.39 is 6.10 Å². The molecule has 0 aromatic rings. The Bertz CT molecular complexity index is 385. The molecule has 0 heterocycles. The summed E-state index contributed by atoms with van der Waals surface area (Å²) < 4.78 is 4.59. The monoisotopic (exact) mass is 306 g/mol. The molecule has 0 aliphatic carbocycles. The fourth-order valence-electron chi connectivity index (χ4n) is 1.89. The van der Waals surface area contributed by atoms with E-state index in [1.54, 1.807) is 6.08 Å². The Kier molecular flexibility index (Phi) is 14.7. The van der Waals surface area contributed by atoms with Crippen LogP contribution in [0.4, 0.5) is 0 Å². The molecule has 0 aromatic carbocycles. The van der Waals surface area contributed by atoms with Gasteiger partial charge in [-0.05, 0) is 31.8 Å². The van der Waals surface area contributed by atoms with E-state index in [0.29, 0.717) is 6.42 Å². The SMILES string of the molecule is CC/C=C\C/C=C/C(O)C#CCCCCCCCC(=O)OC. The number of carbonyl (C=O) groups is 1. The van der Waals surface area contributed by atoms with Gasteiger partial charge in [-0.3, -0.25) is 4.79 Å². The van der Waals surface area contributed by atoms with Crippen LogP contribution in [0.5, 0.6) is 0 Å². The number of rotatable bonds is 11. The van der Waals surface area contributed by atoms with Crippen molar-refractivity contribution < 1.29 is 14.6 Å². The standard InChI is InChI=1S/C19H30O3/c1-3-4-5-9-12-15-18(20)16-13-10-7-6-8-11-14-17-19(21)22-2/h4-5,12,15,18,20H,3,6-11,14,17H2,1-2H3/b5-4-,15-12+. The number of unbranched alkanes of at least 4 members (excludes halogenated alkanes) is 5. The first kappa shape index (κ1) is 20.5. The molecule has 0 rings (SSSR count). The second-order valence-electron chi connectivity index (χ2n) is 5.15. The molecule has 3 heteroatoms. The van der Waals surface area contributed by atoms with E-state index >= 15 is 0 Å². The molecule has 1 unspecified atom stereocenters. The van der Waals surface area contributed by atoms with Gasteiger partial charge in [0.15, 0.2) is 0 Å². The van der Waals surface area contributed by atoms with Gasteiger partial charge in [0.25, 0.3) is 0 Å². The molecular weight excluding hydrogens is 276 g/mol. The van der Waals surface area contributed by atoms with Crippen molar-refractivity contribution in [1.82, 2.24) is 0 Å². The summed E-state index contributed by atoms with van der Waals surface area (Å²) in [6.07, 6.45) is 15.6. The van der Waals surface area contributed by atoms with E-state index in [-0.39, 0.29) is 5.97 Å². The van der Waals surface area contributed by atoms with Gasteiger partial charge in [-0.1, -0.05) is 50.3 Å². The highest BCUT2D eigenvalue weighted by molar-refractivity contribution is 5.68. The van der Waals surface area contributed by atoms with Crippen molar-refractivity contribution in [2.75, 3.05) is 7.11 Å². The van der Waals surface area contributed by atoms with Crippen LogP contribution in [0, 0.1) is 11.8 Å². The number of hydrogen-bond donors (Lipinski definition) is 1. The zero-order valence-corrected chi connectivity index (χ0v) is 14.0. The molecule has 0 radical (unpaired) electrons. The quantitative estimate of drug-likeness (QED) is 0.270. The van der Waals surface area contributed by atoms with Crippen LogP contribution in [0.2, 0.25) is 0 Å². The average molecular weight is 306 g/mol. The summed E-state index contributed by atoms with van der Waals surface area (Å²) in [7, 11) is 1.42. The molecule has 22 heavy (non-hydrogen) atoms. The number of esters is 1. The van der Waals surface area contributed by atoms with Crippen molar-refractivity contribution in [2.45, 2.75) is 70.8 Å². The zero-order valence-electron chi connectivity index (χ0n) is 14.0. The van der Waals surface area contributed by atoms with Crippen LogP contribution in [0.1, 0.15) is 64.7 Å². The lowest BCUT2D eigenvalue weighted by atomic mass is 10.1. The maximum absolute atomic E-state index is 10.9. The Morgan fingerprint density at radius 2 is 1.86 bits per heavy atom. The zero-order chi connectivity index (χ0) is 16.5. The van der Waals surface area contributed by atoms with Crippen molar-refractivity contribution in [3.63, 3.8) is 0 Å². The lowest BCUT2D eigenvalue weighted by Crippen LogP contribution is -1.99. The highest BCUT2D eigenvalue weighted by Crippen LogP contribution is 2.07. The van der Waals surface area contributed by atoms with Crippen molar-refractivity contribution in [3.05, 3.63) is 24.3 Å². The number of hydrogen-bond acceptors (Lipinski definition) is 3. The van der Waals surface area contributed by atoms with Gasteiger partial charge in [-0.15, -0.1) is 5.92 Å². The molecule has 3 nitrogen and oxygen atoms in total. The van der Waals surface area contributed by atoms with Gasteiger partial charge in [0.2, 0.25) is 0 Å². The predicted octanol–water partition coefficient (Wildman–Crippen LogP) is 4.17. The van der Waals surface area contributed by atoms with Crippen LogP contribution in [-0.4, -0.2) is 24.3 Å². The molecule has 0 aromatic heterocycles. The fraction of sp³-hybridized carbons (Fsp3) is 0.632. The lowest BCUT2D eigenvalue weighted by Gasteiger charge is -1.99. The molecule has 0 fully saturated rings. The minimum atomic E-state index is -0.657. The van der Waals surface area contributed by atoms with E-state index in [1.807, 2.05) is 6.08 Å². The summed E-state index contributed by atoms with van der Waals surface area (Å²) in [5.74, 6) is 5.72. The van der Waals surface area contributed by atoms with Crippen LogP contribution in [0.3, 0.4) is 0 Å². The number of carbonyl (C=O) groups excluding carboxylic acids is 1. The van der Waals surface area contributed by atoms with E-state index in [9.17, 15) is 9.90 Å². The van der Waals surface area contributed by atoms with Crippen molar-refractivity contribution in [1.29, 1.82) is 0 Å². The molecule has 124 valence electrons. The van der Waals surface area contributed by atoms with Gasteiger partial charge in [0.05, 0.1) is 7.11 Å². The third-order valence-electron chi connectivity index (χ3n) is 3.15. The van der Waals surface area contributed by atoms with Crippen LogP contribution in [0.15, 0.2) is 24.3 Å². The molecule has 0 spiro atoms. The molecule has 0 saturated carbocycles. The minimum Gasteiger partial charge on any atom is -0.469 e. The number of aliphatic hydroxyl groups excluding tert-OH is 1. The number of methoxy groups -OCH3 is 1. The van der Waals surface area contributed by atoms with Crippen molar-refractivity contribution in [2.24, 2.45) is 0 Å². The second-order valence-corrected chi connectivity index (χ2v) is 5.15. The van der Waals surface area contributed by atoms with Gasteiger partial charge in [-0.2, -0.15) is 0 Å². The van der Waals surface area contributed by atoms with E-state index in [4.69, 9.17) is 0 Å². The molecule has 0 bridgehead atoms. The number of allylic oxidation sites excluding steroid dienone is 3. The molecule has 0 aliphatic rings. The van der Waals surface area contributed by atoms with Gasteiger partial charge in [-0.25, -0.2) is 0 Å². The lowest BCUT2D eigenvalue weighted by molar-refractivity contribution is -0.140. The first-order chi connectivity index (χ1) is 10.7. The third kappa shape index (κ3) is 14.9. The minimum absolute atomic E-state index is 0.127. The Morgan fingerprint density at radius 3 is 2.59 bits per heavy atom. The molecule has 0 amide bonds. The van der Waals surface area contributed by atoms with Crippen LogP contribution < -0.4 is 0 Å². The third-order valence-corrected chi connectivity index (χ3v) is 3.15. The summed E-state index contributed by atoms with van der Waals surface area (Å²) in [5.41, 5.74) is 0. The number of ether oxygens (including phenoxy) is 1. The Morgan fingerprint density at radius 1 is 1.14 bits per heavy atom. The van der Waals surface area contributed by atoms with Crippen LogP contribution in [0.25, 0.3) is 0 Å². The van der Waals surface area contributed by atoms with E-state index in [2.05, 4.69) is 35.7 Å². The van der Waals surface area contributed by atoms with Gasteiger partial charge < -0.3 is 9.84 Å². The highest BCUT2D eigenvalue weighted by Gasteiger charge is 1.98. The first-order valence-electron chi connectivity index (χ1n) is 8.25. The summed E-state index contributed by atoms with van der Waals surface area (Å²) in [4.78, 5) is 10.9. The maximum Gasteiger partial charge on any atom is 0.305 e. The van der Waals surface area contributed by atoms with Crippen molar-refractivity contribution in [3.8, 4) is 11.8 Å². The van der Waals surface area contributed by atoms with Gasteiger partial charge >= 0.3 is 5.97 Å². The van der Waals surface area contributed by atoms with Gasteiger partial charge in [0, 0.05) is 12.8 Å². The molecule has 0 saturated heterocycles. The smallest absolute Gasteiger partial charge is 0.305 e. The topological polar surface area (TPSA) is 46.5 Å². The van der Waals surface area contributed by atoms with Crippen molar-refractivity contribution >= 4 is 5.97 Å². The predicted molar refractivity (Wildman–Crippen MR) is 91.3 cm³/mol. The van der Waals surface area contributed by atoms with Crippen LogP contribution in [-0.2, 0) is 9.53 Å². The van der Waals surface area contributed by atoms with E-state index in [1.165, 1.54) is 7.11 Å². The highest BCUT2D eigenvalue weighted by atomic mass is 16.5. The summed E-state index contributed by atoms with van der Waals surface area (Å²) in [5, 5.41) is 9.63. The Labute approximate surface area is 135 Å². The normalized spacial score (nSPS) is 12.3. The largest absolute Gasteiger partial charge is 0.469 e. The van der Waals surface area contributed by atoms with Gasteiger partial charge in [0.1, 0.15) is 6.10 Å². The summed E-state index contributed by atoms with van der Waals surface area (Å²) >= 11 is 0. The molecule has 1 atom stereocenters. The second kappa shape index (κ2) is 15.9. The summed E-state index contributed by atoms with van der Waals surface area (Å²) in [6, 6.07) is 0. The maximum atomic E-state index is 10.9. The Hall–Kier alpha value is -1.53. The molecule has 1 N–H and O–H groups in total. The fourth-order valence-corrected chi connectivity index (χ4v) is 1.89. The van der Waals surface area contributed by atoms with E-state index in [0.717, 1.165) is 51.4 Å². The van der Waals surface area contributed by atoms with Crippen LogP contribution >= 0.6 is 0 Å².